The molecule has 4 nitrogen and oxygen atoms in total. The van der Waals surface area contributed by atoms with Gasteiger partial charge in [0.05, 0.1) is 6.61 Å². The molecule has 0 amide bonds. The summed E-state index contributed by atoms with van der Waals surface area (Å²) >= 11 is 0. The molecule has 0 aliphatic rings. The standard InChI is InChI=1S/C17H29N3O/c1-4-6-9-12-19-17(18-3)20-13-15-10-7-8-11-16(15)14-21-5-2/h7-8,10-11H,4-6,9,12-14H2,1-3H3,(H2,18,19,20). The second-order valence-electron chi connectivity index (χ2n) is 4.97. The van der Waals surface area contributed by atoms with E-state index in [1.165, 1.54) is 30.4 Å². The van der Waals surface area contributed by atoms with Crippen LogP contribution >= 0.6 is 0 Å². The van der Waals surface area contributed by atoms with Gasteiger partial charge in [-0.3, -0.25) is 4.99 Å². The fraction of sp³-hybridized carbons (Fsp3) is 0.588. The summed E-state index contributed by atoms with van der Waals surface area (Å²) in [4.78, 5) is 4.26. The number of guanidine groups is 1. The van der Waals surface area contributed by atoms with Crippen LogP contribution in [0.3, 0.4) is 0 Å². The highest BCUT2D eigenvalue weighted by atomic mass is 16.5. The molecule has 0 saturated heterocycles. The van der Waals surface area contributed by atoms with Crippen LogP contribution in [-0.2, 0) is 17.9 Å². The van der Waals surface area contributed by atoms with E-state index in [9.17, 15) is 0 Å². The Morgan fingerprint density at radius 1 is 1.10 bits per heavy atom. The molecule has 1 rings (SSSR count). The van der Waals surface area contributed by atoms with Crippen molar-refractivity contribution < 1.29 is 4.74 Å². The maximum absolute atomic E-state index is 5.51. The third-order valence-corrected chi connectivity index (χ3v) is 3.32. The second kappa shape index (κ2) is 11.1. The van der Waals surface area contributed by atoms with E-state index in [1.807, 2.05) is 6.92 Å². The van der Waals surface area contributed by atoms with Crippen molar-refractivity contribution in [2.45, 2.75) is 46.3 Å². The average Bonchev–Trinajstić information content (AvgIpc) is 2.53. The van der Waals surface area contributed by atoms with Crippen molar-refractivity contribution >= 4 is 5.96 Å². The smallest absolute Gasteiger partial charge is 0.191 e. The van der Waals surface area contributed by atoms with Gasteiger partial charge in [0.15, 0.2) is 5.96 Å². The first kappa shape index (κ1) is 17.5. The molecule has 0 spiro atoms. The van der Waals surface area contributed by atoms with Gasteiger partial charge in [0.25, 0.3) is 0 Å². The third kappa shape index (κ3) is 7.14. The Morgan fingerprint density at radius 2 is 1.86 bits per heavy atom. The van der Waals surface area contributed by atoms with Crippen molar-refractivity contribution in [1.82, 2.24) is 10.6 Å². The second-order valence-corrected chi connectivity index (χ2v) is 4.97. The molecule has 0 aliphatic heterocycles. The number of unbranched alkanes of at least 4 members (excludes halogenated alkanes) is 2. The molecule has 0 saturated carbocycles. The number of nitrogens with zero attached hydrogens (tertiary/aromatic N) is 1. The molecule has 0 radical (unpaired) electrons. The van der Waals surface area contributed by atoms with Crippen molar-refractivity contribution in [3.63, 3.8) is 0 Å². The van der Waals surface area contributed by atoms with Crippen LogP contribution in [0.15, 0.2) is 29.3 Å². The van der Waals surface area contributed by atoms with Gasteiger partial charge in [-0.1, -0.05) is 44.0 Å². The molecule has 0 aromatic heterocycles. The van der Waals surface area contributed by atoms with Crippen molar-refractivity contribution in [3.05, 3.63) is 35.4 Å². The molecule has 0 aliphatic carbocycles. The number of hydrogen-bond acceptors (Lipinski definition) is 2. The minimum absolute atomic E-state index is 0.664. The van der Waals surface area contributed by atoms with Crippen molar-refractivity contribution in [2.24, 2.45) is 4.99 Å². The zero-order valence-corrected chi connectivity index (χ0v) is 13.6. The van der Waals surface area contributed by atoms with Gasteiger partial charge in [-0.2, -0.15) is 0 Å². The highest BCUT2D eigenvalue weighted by molar-refractivity contribution is 5.79. The normalized spacial score (nSPS) is 11.5. The Kier molecular flexibility index (Phi) is 9.29. The lowest BCUT2D eigenvalue weighted by atomic mass is 10.1. The molecule has 21 heavy (non-hydrogen) atoms. The number of hydrogen-bond donors (Lipinski definition) is 2. The predicted octanol–water partition coefficient (Wildman–Crippen LogP) is 3.08. The number of ether oxygens (including phenoxy) is 1. The summed E-state index contributed by atoms with van der Waals surface area (Å²) in [5, 5.41) is 6.71. The van der Waals surface area contributed by atoms with Gasteiger partial charge in [0, 0.05) is 26.7 Å². The molecule has 1 aromatic carbocycles. The van der Waals surface area contributed by atoms with E-state index in [1.54, 1.807) is 7.05 Å². The minimum Gasteiger partial charge on any atom is -0.377 e. The fourth-order valence-corrected chi connectivity index (χ4v) is 2.06. The molecular weight excluding hydrogens is 262 g/mol. The van der Waals surface area contributed by atoms with E-state index >= 15 is 0 Å². The number of rotatable bonds is 9. The monoisotopic (exact) mass is 291 g/mol. The highest BCUT2D eigenvalue weighted by Crippen LogP contribution is 2.09. The number of aliphatic imine (C=N–C) groups is 1. The Labute approximate surface area is 129 Å². The SMILES string of the molecule is CCCCCNC(=NC)NCc1ccccc1COCC. The summed E-state index contributed by atoms with van der Waals surface area (Å²) < 4.78 is 5.51. The summed E-state index contributed by atoms with van der Waals surface area (Å²) in [6.45, 7) is 7.36. The topological polar surface area (TPSA) is 45.7 Å². The molecule has 0 unspecified atom stereocenters. The molecule has 0 heterocycles. The van der Waals surface area contributed by atoms with Gasteiger partial charge >= 0.3 is 0 Å². The van der Waals surface area contributed by atoms with E-state index in [2.05, 4.69) is 46.8 Å². The molecule has 1 aromatic rings. The van der Waals surface area contributed by atoms with Gasteiger partial charge in [0.2, 0.25) is 0 Å². The van der Waals surface area contributed by atoms with Crippen LogP contribution in [0.1, 0.15) is 44.2 Å². The minimum atomic E-state index is 0.664. The Hall–Kier alpha value is -1.55. The Balaban J connectivity index is 2.45. The zero-order chi connectivity index (χ0) is 15.3. The summed E-state index contributed by atoms with van der Waals surface area (Å²) in [5.74, 6) is 0.859. The van der Waals surface area contributed by atoms with Crippen LogP contribution in [0.4, 0.5) is 0 Å². The third-order valence-electron chi connectivity index (χ3n) is 3.32. The molecule has 0 atom stereocenters. The van der Waals surface area contributed by atoms with Gasteiger partial charge in [-0.25, -0.2) is 0 Å². The van der Waals surface area contributed by atoms with Crippen molar-refractivity contribution in [2.75, 3.05) is 20.2 Å². The fourth-order valence-electron chi connectivity index (χ4n) is 2.06. The van der Waals surface area contributed by atoms with E-state index in [0.29, 0.717) is 6.61 Å². The predicted molar refractivity (Wildman–Crippen MR) is 89.5 cm³/mol. The van der Waals surface area contributed by atoms with E-state index in [4.69, 9.17) is 4.74 Å². The summed E-state index contributed by atoms with van der Waals surface area (Å²) in [5.41, 5.74) is 2.48. The first-order valence-corrected chi connectivity index (χ1v) is 7.90. The van der Waals surface area contributed by atoms with E-state index < -0.39 is 0 Å². The Morgan fingerprint density at radius 3 is 2.52 bits per heavy atom. The summed E-state index contributed by atoms with van der Waals surface area (Å²) in [7, 11) is 1.81. The van der Waals surface area contributed by atoms with Crippen molar-refractivity contribution in [1.29, 1.82) is 0 Å². The number of nitrogens with one attached hydrogen (secondary N) is 2. The summed E-state index contributed by atoms with van der Waals surface area (Å²) in [6.07, 6.45) is 3.66. The van der Waals surface area contributed by atoms with Crippen LogP contribution in [-0.4, -0.2) is 26.2 Å². The first-order valence-electron chi connectivity index (χ1n) is 7.90. The first-order chi connectivity index (χ1) is 10.3. The zero-order valence-electron chi connectivity index (χ0n) is 13.6. The molecule has 118 valence electrons. The molecule has 0 fully saturated rings. The van der Waals surface area contributed by atoms with Gasteiger partial charge in [-0.05, 0) is 24.5 Å². The van der Waals surface area contributed by atoms with Crippen LogP contribution in [0, 0.1) is 0 Å². The Bertz CT molecular complexity index is 418. The van der Waals surface area contributed by atoms with Crippen molar-refractivity contribution in [3.8, 4) is 0 Å². The maximum atomic E-state index is 5.51. The molecule has 0 bridgehead atoms. The highest BCUT2D eigenvalue weighted by Gasteiger charge is 2.03. The molecule has 2 N–H and O–H groups in total. The lowest BCUT2D eigenvalue weighted by Crippen LogP contribution is -2.37. The molecular formula is C17H29N3O. The summed E-state index contributed by atoms with van der Waals surface area (Å²) in [6, 6.07) is 8.36. The van der Waals surface area contributed by atoms with Gasteiger partial charge < -0.3 is 15.4 Å². The van der Waals surface area contributed by atoms with Gasteiger partial charge in [-0.15, -0.1) is 0 Å². The largest absolute Gasteiger partial charge is 0.377 e. The average molecular weight is 291 g/mol. The number of benzene rings is 1. The lowest BCUT2D eigenvalue weighted by Gasteiger charge is -2.14. The van der Waals surface area contributed by atoms with Crippen LogP contribution in [0.2, 0.25) is 0 Å². The molecule has 4 heteroatoms. The van der Waals surface area contributed by atoms with Crippen LogP contribution in [0.5, 0.6) is 0 Å². The van der Waals surface area contributed by atoms with Crippen LogP contribution in [0.25, 0.3) is 0 Å². The van der Waals surface area contributed by atoms with E-state index in [-0.39, 0.29) is 0 Å². The van der Waals surface area contributed by atoms with Gasteiger partial charge in [0.1, 0.15) is 0 Å². The maximum Gasteiger partial charge on any atom is 0.191 e. The quantitative estimate of drug-likeness (QED) is 0.417. The lowest BCUT2D eigenvalue weighted by molar-refractivity contribution is 0.133. The van der Waals surface area contributed by atoms with E-state index in [0.717, 1.165) is 25.7 Å². The van der Waals surface area contributed by atoms with Crippen LogP contribution < -0.4 is 10.6 Å².